The quantitative estimate of drug-likeness (QED) is 0.539. The number of alkyl halides is 3. The summed E-state index contributed by atoms with van der Waals surface area (Å²) in [7, 11) is 1.31. The van der Waals surface area contributed by atoms with E-state index in [4.69, 9.17) is 0 Å². The molecule has 0 atom stereocenters. The molecule has 0 aliphatic heterocycles. The van der Waals surface area contributed by atoms with Gasteiger partial charge in [-0.3, -0.25) is 0 Å². The summed E-state index contributed by atoms with van der Waals surface area (Å²) in [6.07, 6.45) is -4.39. The molecule has 8 heteroatoms. The van der Waals surface area contributed by atoms with Crippen LogP contribution in [0.25, 0.3) is 11.0 Å². The molecule has 0 radical (unpaired) electrons. The normalized spacial score (nSPS) is 11.7. The fourth-order valence-corrected chi connectivity index (χ4v) is 3.12. The van der Waals surface area contributed by atoms with Gasteiger partial charge in [0.15, 0.2) is 5.16 Å². The van der Waals surface area contributed by atoms with E-state index in [2.05, 4.69) is 14.7 Å². The summed E-state index contributed by atoms with van der Waals surface area (Å²) in [4.78, 5) is 18.7. The number of nitrogens with zero attached hydrogens (tertiary/aromatic N) is 1. The Hall–Kier alpha value is -2.48. The number of esters is 1. The van der Waals surface area contributed by atoms with E-state index in [1.807, 2.05) is 6.07 Å². The fraction of sp³-hybridized carbons (Fsp3) is 0.176. The summed E-state index contributed by atoms with van der Waals surface area (Å²) in [5, 5.41) is 0.512. The molecule has 0 bridgehead atoms. The van der Waals surface area contributed by atoms with E-state index in [-0.39, 0.29) is 0 Å². The van der Waals surface area contributed by atoms with Crippen molar-refractivity contribution in [3.05, 3.63) is 59.2 Å². The van der Waals surface area contributed by atoms with Crippen LogP contribution in [0.1, 0.15) is 21.5 Å². The molecule has 3 aromatic rings. The van der Waals surface area contributed by atoms with Crippen LogP contribution in [0.15, 0.2) is 47.6 Å². The zero-order chi connectivity index (χ0) is 18.0. The van der Waals surface area contributed by atoms with Gasteiger partial charge in [0, 0.05) is 5.75 Å². The van der Waals surface area contributed by atoms with Crippen molar-refractivity contribution in [2.24, 2.45) is 0 Å². The van der Waals surface area contributed by atoms with Crippen LogP contribution in [0.3, 0.4) is 0 Å². The van der Waals surface area contributed by atoms with Gasteiger partial charge < -0.3 is 9.72 Å². The van der Waals surface area contributed by atoms with Crippen LogP contribution >= 0.6 is 11.8 Å². The number of aromatic nitrogens is 2. The van der Waals surface area contributed by atoms with Gasteiger partial charge >= 0.3 is 12.1 Å². The molecular weight excluding hydrogens is 353 g/mol. The second-order valence-corrected chi connectivity index (χ2v) is 6.22. The van der Waals surface area contributed by atoms with Crippen LogP contribution < -0.4 is 0 Å². The van der Waals surface area contributed by atoms with Crippen molar-refractivity contribution in [3.8, 4) is 0 Å². The number of halogens is 3. The molecule has 0 aliphatic rings. The van der Waals surface area contributed by atoms with E-state index in [9.17, 15) is 18.0 Å². The number of nitrogens with one attached hydrogen (secondary N) is 1. The van der Waals surface area contributed by atoms with Crippen molar-refractivity contribution in [1.82, 2.24) is 9.97 Å². The summed E-state index contributed by atoms with van der Waals surface area (Å²) >= 11 is 1.34. The van der Waals surface area contributed by atoms with E-state index in [0.29, 0.717) is 27.5 Å². The molecule has 0 unspecified atom stereocenters. The van der Waals surface area contributed by atoms with Gasteiger partial charge in [0.05, 0.1) is 29.3 Å². The number of aromatic amines is 1. The summed E-state index contributed by atoms with van der Waals surface area (Å²) in [6, 6.07) is 10.4. The van der Waals surface area contributed by atoms with E-state index in [0.717, 1.165) is 17.7 Å². The van der Waals surface area contributed by atoms with Gasteiger partial charge in [0.1, 0.15) is 0 Å². The first-order valence-electron chi connectivity index (χ1n) is 7.24. The maximum atomic E-state index is 12.7. The smallest absolute Gasteiger partial charge is 0.416 e. The maximum Gasteiger partial charge on any atom is 0.416 e. The number of thioether (sulfide) groups is 1. The Labute approximate surface area is 145 Å². The number of hydrogen-bond acceptors (Lipinski definition) is 4. The summed E-state index contributed by atoms with van der Waals surface area (Å²) in [6.45, 7) is 0. The molecule has 2 aromatic carbocycles. The molecule has 0 spiro atoms. The van der Waals surface area contributed by atoms with Crippen molar-refractivity contribution < 1.29 is 22.7 Å². The Morgan fingerprint density at radius 3 is 2.76 bits per heavy atom. The van der Waals surface area contributed by atoms with Crippen molar-refractivity contribution in [2.45, 2.75) is 17.1 Å². The zero-order valence-electron chi connectivity index (χ0n) is 13.1. The van der Waals surface area contributed by atoms with Gasteiger partial charge in [-0.1, -0.05) is 23.9 Å². The van der Waals surface area contributed by atoms with Crippen LogP contribution in [-0.4, -0.2) is 23.0 Å². The Morgan fingerprint density at radius 1 is 1.24 bits per heavy atom. The van der Waals surface area contributed by atoms with Crippen LogP contribution in [0, 0.1) is 0 Å². The minimum absolute atomic E-state index is 0.334. The third-order valence-corrected chi connectivity index (χ3v) is 4.46. The van der Waals surface area contributed by atoms with Gasteiger partial charge in [0.25, 0.3) is 0 Å². The van der Waals surface area contributed by atoms with Crippen LogP contribution in [0.5, 0.6) is 0 Å². The Bertz CT molecular complexity index is 922. The summed E-state index contributed by atoms with van der Waals surface area (Å²) in [5.41, 5.74) is 1.41. The lowest BCUT2D eigenvalue weighted by molar-refractivity contribution is -0.137. The number of imidazole rings is 1. The molecule has 0 saturated heterocycles. The minimum atomic E-state index is -4.39. The highest BCUT2D eigenvalue weighted by atomic mass is 32.2. The number of benzene rings is 2. The minimum Gasteiger partial charge on any atom is -0.465 e. The number of rotatable bonds is 4. The number of fused-ring (bicyclic) bond motifs is 1. The predicted molar refractivity (Wildman–Crippen MR) is 88.4 cm³/mol. The van der Waals surface area contributed by atoms with Crippen LogP contribution in [0.2, 0.25) is 0 Å². The van der Waals surface area contributed by atoms with Crippen LogP contribution in [-0.2, 0) is 16.7 Å². The van der Waals surface area contributed by atoms with Crippen molar-refractivity contribution in [1.29, 1.82) is 0 Å². The molecule has 1 N–H and O–H groups in total. The average Bonchev–Trinajstić information content (AvgIpc) is 3.01. The highest BCUT2D eigenvalue weighted by Crippen LogP contribution is 2.32. The number of hydrogen-bond donors (Lipinski definition) is 1. The molecule has 0 aliphatic carbocycles. The van der Waals surface area contributed by atoms with E-state index in [1.54, 1.807) is 18.2 Å². The molecule has 1 heterocycles. The van der Waals surface area contributed by atoms with Crippen molar-refractivity contribution in [3.63, 3.8) is 0 Å². The predicted octanol–water partition coefficient (Wildman–Crippen LogP) is 4.66. The van der Waals surface area contributed by atoms with Gasteiger partial charge in [-0.15, -0.1) is 0 Å². The second-order valence-electron chi connectivity index (χ2n) is 5.25. The first kappa shape index (κ1) is 17.3. The second kappa shape index (κ2) is 6.79. The van der Waals surface area contributed by atoms with Gasteiger partial charge in [-0.2, -0.15) is 13.2 Å². The Kier molecular flexibility index (Phi) is 4.71. The fourth-order valence-electron chi connectivity index (χ4n) is 2.29. The number of carbonyl (C=O) groups excluding carboxylic acids is 1. The Balaban J connectivity index is 1.76. The third kappa shape index (κ3) is 3.96. The monoisotopic (exact) mass is 366 g/mol. The zero-order valence-corrected chi connectivity index (χ0v) is 13.9. The highest BCUT2D eigenvalue weighted by Gasteiger charge is 2.30. The average molecular weight is 366 g/mol. The molecule has 0 amide bonds. The molecule has 130 valence electrons. The number of methoxy groups -OCH3 is 1. The molecule has 1 aromatic heterocycles. The van der Waals surface area contributed by atoms with Crippen molar-refractivity contribution in [2.75, 3.05) is 7.11 Å². The van der Waals surface area contributed by atoms with E-state index in [1.165, 1.54) is 24.9 Å². The molecule has 0 fully saturated rings. The highest BCUT2D eigenvalue weighted by molar-refractivity contribution is 7.98. The summed E-state index contributed by atoms with van der Waals surface area (Å²) < 4.78 is 42.9. The van der Waals surface area contributed by atoms with E-state index < -0.39 is 17.7 Å². The first-order chi connectivity index (χ1) is 11.9. The molecule has 0 saturated carbocycles. The third-order valence-electron chi connectivity index (χ3n) is 3.51. The van der Waals surface area contributed by atoms with Crippen LogP contribution in [0.4, 0.5) is 13.2 Å². The number of carbonyl (C=O) groups is 1. The topological polar surface area (TPSA) is 55.0 Å². The standard InChI is InChI=1S/C17H13F3N2O2S/c1-24-15(23)11-4-2-3-10(7-11)9-25-16-21-13-6-5-12(17(18,19)20)8-14(13)22-16/h2-8H,9H2,1H3,(H,21,22). The van der Waals surface area contributed by atoms with Gasteiger partial charge in [-0.25, -0.2) is 9.78 Å². The SMILES string of the molecule is COC(=O)c1cccc(CSc2nc3ccc(C(F)(F)F)cc3[nH]2)c1. The Morgan fingerprint density at radius 2 is 2.04 bits per heavy atom. The lowest BCUT2D eigenvalue weighted by atomic mass is 10.1. The molecule has 3 rings (SSSR count). The van der Waals surface area contributed by atoms with Gasteiger partial charge in [-0.05, 0) is 35.9 Å². The molecule has 4 nitrogen and oxygen atoms in total. The number of H-pyrrole nitrogens is 1. The summed E-state index contributed by atoms with van der Waals surface area (Å²) in [5.74, 6) is 0.0896. The lowest BCUT2D eigenvalue weighted by Crippen LogP contribution is -2.04. The van der Waals surface area contributed by atoms with Crippen molar-refractivity contribution >= 4 is 28.8 Å². The molecule has 25 heavy (non-hydrogen) atoms. The lowest BCUT2D eigenvalue weighted by Gasteiger charge is -2.05. The van der Waals surface area contributed by atoms with Gasteiger partial charge in [0.2, 0.25) is 0 Å². The largest absolute Gasteiger partial charge is 0.465 e. The molecular formula is C17H13F3N2O2S. The maximum absolute atomic E-state index is 12.7. The van der Waals surface area contributed by atoms with E-state index >= 15 is 0 Å². The number of ether oxygens (including phenoxy) is 1. The first-order valence-corrected chi connectivity index (χ1v) is 8.22.